The lowest BCUT2D eigenvalue weighted by molar-refractivity contribution is 0.0932. The summed E-state index contributed by atoms with van der Waals surface area (Å²) in [6, 6.07) is 6.42. The lowest BCUT2D eigenvalue weighted by Crippen LogP contribution is -2.38. The number of likely N-dealkylation sites (N-methyl/N-ethyl adjacent to an activating group) is 2. The summed E-state index contributed by atoms with van der Waals surface area (Å²) in [6.45, 7) is 3.37. The summed E-state index contributed by atoms with van der Waals surface area (Å²) in [4.78, 5) is 17.0. The van der Waals surface area contributed by atoms with Gasteiger partial charge < -0.3 is 9.64 Å². The molecular formula is C17H24N2O2. The summed E-state index contributed by atoms with van der Waals surface area (Å²) in [6.07, 6.45) is 3.43. The smallest absolute Gasteiger partial charge is 0.176 e. The minimum Gasteiger partial charge on any atom is -0.493 e. The van der Waals surface area contributed by atoms with Gasteiger partial charge >= 0.3 is 0 Å². The van der Waals surface area contributed by atoms with Gasteiger partial charge in [0.25, 0.3) is 0 Å². The second kappa shape index (κ2) is 6.16. The highest BCUT2D eigenvalue weighted by Crippen LogP contribution is 2.26. The van der Waals surface area contributed by atoms with Crippen LogP contribution >= 0.6 is 0 Å². The van der Waals surface area contributed by atoms with Crippen molar-refractivity contribution in [3.63, 3.8) is 0 Å². The number of likely N-dealkylation sites (tertiary alicyclic amines) is 1. The molecule has 1 unspecified atom stereocenters. The Morgan fingerprint density at radius 3 is 3.10 bits per heavy atom. The third kappa shape index (κ3) is 3.27. The van der Waals surface area contributed by atoms with E-state index in [4.69, 9.17) is 4.74 Å². The molecule has 0 saturated carbocycles. The first kappa shape index (κ1) is 14.5. The largest absolute Gasteiger partial charge is 0.493 e. The number of benzene rings is 1. The van der Waals surface area contributed by atoms with E-state index in [-0.39, 0.29) is 5.78 Å². The lowest BCUT2D eigenvalue weighted by atomic mass is 10.0. The van der Waals surface area contributed by atoms with Crippen molar-refractivity contribution >= 4 is 5.78 Å². The van der Waals surface area contributed by atoms with Gasteiger partial charge in [-0.25, -0.2) is 0 Å². The molecule has 114 valence electrons. The zero-order valence-electron chi connectivity index (χ0n) is 13.0. The highest BCUT2D eigenvalue weighted by molar-refractivity contribution is 5.98. The Balaban J connectivity index is 1.58. The van der Waals surface area contributed by atoms with Gasteiger partial charge in [0.2, 0.25) is 0 Å². The molecule has 0 amide bonds. The van der Waals surface area contributed by atoms with Crippen molar-refractivity contribution in [2.45, 2.75) is 25.3 Å². The molecule has 0 N–H and O–H groups in total. The number of carbonyl (C=O) groups is 1. The Morgan fingerprint density at radius 2 is 2.33 bits per heavy atom. The maximum absolute atomic E-state index is 12.4. The molecule has 0 aliphatic carbocycles. The van der Waals surface area contributed by atoms with E-state index >= 15 is 0 Å². The van der Waals surface area contributed by atoms with Gasteiger partial charge in [0.05, 0.1) is 13.2 Å². The van der Waals surface area contributed by atoms with Crippen molar-refractivity contribution in [1.82, 2.24) is 9.80 Å². The molecule has 0 aromatic heterocycles. The Bertz CT molecular complexity index is 530. The Labute approximate surface area is 126 Å². The fraction of sp³-hybridized carbons (Fsp3) is 0.588. The third-order valence-corrected chi connectivity index (χ3v) is 4.62. The molecule has 1 atom stereocenters. The summed E-state index contributed by atoms with van der Waals surface area (Å²) in [5, 5.41) is 0. The molecule has 4 nitrogen and oxygen atoms in total. The lowest BCUT2D eigenvalue weighted by Gasteiger charge is -2.25. The van der Waals surface area contributed by atoms with Crippen LogP contribution in [-0.2, 0) is 6.42 Å². The Hall–Kier alpha value is -1.39. The van der Waals surface area contributed by atoms with E-state index in [9.17, 15) is 4.79 Å². The van der Waals surface area contributed by atoms with Crippen molar-refractivity contribution in [1.29, 1.82) is 0 Å². The van der Waals surface area contributed by atoms with Crippen LogP contribution in [0.15, 0.2) is 18.2 Å². The van der Waals surface area contributed by atoms with Crippen molar-refractivity contribution < 1.29 is 9.53 Å². The zero-order chi connectivity index (χ0) is 14.8. The van der Waals surface area contributed by atoms with Crippen LogP contribution < -0.4 is 4.74 Å². The normalized spacial score (nSPS) is 21.6. The van der Waals surface area contributed by atoms with Crippen LogP contribution in [0.1, 0.15) is 28.8 Å². The number of ether oxygens (including phenoxy) is 1. The van der Waals surface area contributed by atoms with E-state index < -0.39 is 0 Å². The monoisotopic (exact) mass is 288 g/mol. The summed E-state index contributed by atoms with van der Waals surface area (Å²) >= 11 is 0. The number of hydrogen-bond acceptors (Lipinski definition) is 4. The standard InChI is InChI=1S/C17H24N2O2/c1-18(11-15-4-3-8-19(15)2)12-16(20)13-5-6-17-14(10-13)7-9-21-17/h5-6,10,15H,3-4,7-9,11-12H2,1-2H3. The molecule has 1 saturated heterocycles. The molecule has 2 aliphatic rings. The second-order valence-corrected chi connectivity index (χ2v) is 6.32. The molecule has 0 radical (unpaired) electrons. The summed E-state index contributed by atoms with van der Waals surface area (Å²) in [5.41, 5.74) is 1.98. The number of nitrogens with zero attached hydrogens (tertiary/aromatic N) is 2. The average Bonchev–Trinajstić information content (AvgIpc) is 3.07. The van der Waals surface area contributed by atoms with Crippen LogP contribution in [0.2, 0.25) is 0 Å². The number of fused-ring (bicyclic) bond motifs is 1. The summed E-state index contributed by atoms with van der Waals surface area (Å²) in [7, 11) is 4.22. The van der Waals surface area contributed by atoms with Gasteiger partial charge in [-0.3, -0.25) is 9.69 Å². The average molecular weight is 288 g/mol. The van der Waals surface area contributed by atoms with Gasteiger partial charge in [-0.05, 0) is 57.2 Å². The predicted molar refractivity (Wildman–Crippen MR) is 83.1 cm³/mol. The highest BCUT2D eigenvalue weighted by Gasteiger charge is 2.23. The van der Waals surface area contributed by atoms with Gasteiger partial charge in [0, 0.05) is 24.6 Å². The number of carbonyl (C=O) groups excluding carboxylic acids is 1. The van der Waals surface area contributed by atoms with E-state index in [2.05, 4.69) is 16.8 Å². The molecular weight excluding hydrogens is 264 g/mol. The number of Topliss-reactive ketones (excluding diaryl/α,β-unsaturated/α-hetero) is 1. The first-order valence-electron chi connectivity index (χ1n) is 7.81. The molecule has 1 aromatic rings. The van der Waals surface area contributed by atoms with Crippen LogP contribution in [0, 0.1) is 0 Å². The second-order valence-electron chi connectivity index (χ2n) is 6.32. The van der Waals surface area contributed by atoms with Crippen molar-refractivity contribution in [2.75, 3.05) is 40.3 Å². The predicted octanol–water partition coefficient (Wildman–Crippen LogP) is 1.83. The van der Waals surface area contributed by atoms with Crippen molar-refractivity contribution in [3.8, 4) is 5.75 Å². The summed E-state index contributed by atoms with van der Waals surface area (Å²) < 4.78 is 5.49. The molecule has 3 rings (SSSR count). The molecule has 2 aliphatic heterocycles. The summed E-state index contributed by atoms with van der Waals surface area (Å²) in [5.74, 6) is 1.14. The molecule has 1 aromatic carbocycles. The molecule has 1 fully saturated rings. The van der Waals surface area contributed by atoms with Crippen molar-refractivity contribution in [3.05, 3.63) is 29.3 Å². The fourth-order valence-corrected chi connectivity index (χ4v) is 3.33. The molecule has 4 heteroatoms. The topological polar surface area (TPSA) is 32.8 Å². The van der Waals surface area contributed by atoms with E-state index in [0.717, 1.165) is 30.9 Å². The SMILES string of the molecule is CN(CC(=O)c1ccc2c(c1)CCO2)CC1CCCN1C. The molecule has 0 spiro atoms. The van der Waals surface area contributed by atoms with Crippen LogP contribution in [0.4, 0.5) is 0 Å². The highest BCUT2D eigenvalue weighted by atomic mass is 16.5. The van der Waals surface area contributed by atoms with Gasteiger partial charge in [-0.1, -0.05) is 0 Å². The first-order chi connectivity index (χ1) is 10.1. The maximum atomic E-state index is 12.4. The van der Waals surface area contributed by atoms with Gasteiger partial charge in [-0.2, -0.15) is 0 Å². The fourth-order valence-electron chi connectivity index (χ4n) is 3.33. The maximum Gasteiger partial charge on any atom is 0.176 e. The van der Waals surface area contributed by atoms with Crippen LogP contribution in [0.25, 0.3) is 0 Å². The van der Waals surface area contributed by atoms with E-state index in [1.54, 1.807) is 0 Å². The van der Waals surface area contributed by atoms with Gasteiger partial charge in [0.1, 0.15) is 5.75 Å². The minimum absolute atomic E-state index is 0.202. The van der Waals surface area contributed by atoms with Crippen LogP contribution in [0.3, 0.4) is 0 Å². The van der Waals surface area contributed by atoms with Gasteiger partial charge in [0.15, 0.2) is 5.78 Å². The molecule has 2 heterocycles. The van der Waals surface area contributed by atoms with E-state index in [1.807, 2.05) is 25.2 Å². The van der Waals surface area contributed by atoms with Crippen molar-refractivity contribution in [2.24, 2.45) is 0 Å². The number of rotatable bonds is 5. The Kier molecular flexibility index (Phi) is 4.27. The van der Waals surface area contributed by atoms with E-state index in [0.29, 0.717) is 12.6 Å². The van der Waals surface area contributed by atoms with E-state index in [1.165, 1.54) is 24.9 Å². The molecule has 21 heavy (non-hydrogen) atoms. The number of hydrogen-bond donors (Lipinski definition) is 0. The quantitative estimate of drug-likeness (QED) is 0.774. The molecule has 0 bridgehead atoms. The number of ketones is 1. The van der Waals surface area contributed by atoms with Crippen LogP contribution in [0.5, 0.6) is 5.75 Å². The minimum atomic E-state index is 0.202. The third-order valence-electron chi connectivity index (χ3n) is 4.62. The Morgan fingerprint density at radius 1 is 1.48 bits per heavy atom. The van der Waals surface area contributed by atoms with Crippen LogP contribution in [-0.4, -0.2) is 62.0 Å². The zero-order valence-corrected chi connectivity index (χ0v) is 13.0. The first-order valence-corrected chi connectivity index (χ1v) is 7.81. The van der Waals surface area contributed by atoms with Gasteiger partial charge in [-0.15, -0.1) is 0 Å².